The van der Waals surface area contributed by atoms with Gasteiger partial charge in [0.2, 0.25) is 5.82 Å². The number of benzene rings is 1. The Morgan fingerprint density at radius 1 is 1.33 bits per heavy atom. The van der Waals surface area contributed by atoms with E-state index < -0.39 is 5.91 Å². The molecule has 0 aliphatic heterocycles. The van der Waals surface area contributed by atoms with Crippen LogP contribution in [0, 0.1) is 12.3 Å². The Labute approximate surface area is 144 Å². The molecule has 24 heavy (non-hydrogen) atoms. The van der Waals surface area contributed by atoms with Crippen LogP contribution < -0.4 is 10.6 Å². The maximum Gasteiger partial charge on any atom is 0.292 e. The van der Waals surface area contributed by atoms with E-state index in [0.29, 0.717) is 5.69 Å². The first kappa shape index (κ1) is 15.9. The Morgan fingerprint density at radius 2 is 2.17 bits per heavy atom. The number of aryl methyl sites for hydroxylation is 1. The van der Waals surface area contributed by atoms with Gasteiger partial charge in [-0.25, -0.2) is 9.61 Å². The minimum atomic E-state index is -0.511. The van der Waals surface area contributed by atoms with Crippen LogP contribution >= 0.6 is 15.9 Å². The van der Waals surface area contributed by atoms with E-state index in [2.05, 4.69) is 51.5 Å². The molecule has 122 valence electrons. The molecule has 3 aromatic rings. The van der Waals surface area contributed by atoms with Gasteiger partial charge in [-0.15, -0.1) is 0 Å². The zero-order valence-electron chi connectivity index (χ0n) is 12.4. The van der Waals surface area contributed by atoms with Gasteiger partial charge >= 0.3 is 0 Å². The number of amides is 1. The van der Waals surface area contributed by atoms with Gasteiger partial charge in [0.1, 0.15) is 0 Å². The van der Waals surface area contributed by atoms with Crippen molar-refractivity contribution in [2.24, 2.45) is 0 Å². The number of nitrogens with one attached hydrogen (secondary N) is 4. The van der Waals surface area contributed by atoms with Crippen molar-refractivity contribution < 1.29 is 9.42 Å². The molecule has 0 saturated carbocycles. The van der Waals surface area contributed by atoms with Crippen LogP contribution in [0.2, 0.25) is 0 Å². The summed E-state index contributed by atoms with van der Waals surface area (Å²) in [5.74, 6) is -0.435. The summed E-state index contributed by atoms with van der Waals surface area (Å²) in [6, 6.07) is 5.56. The summed E-state index contributed by atoms with van der Waals surface area (Å²) in [4.78, 5) is 18.5. The number of H-pyrrole nitrogens is 1. The molecule has 0 unspecified atom stereocenters. The Kier molecular flexibility index (Phi) is 4.38. The van der Waals surface area contributed by atoms with E-state index >= 15 is 0 Å². The van der Waals surface area contributed by atoms with E-state index in [0.717, 1.165) is 10.0 Å². The van der Waals surface area contributed by atoms with E-state index in [1.807, 2.05) is 25.1 Å². The number of aromatic amines is 1. The first-order valence-electron chi connectivity index (χ1n) is 6.80. The van der Waals surface area contributed by atoms with Crippen LogP contribution in [0.3, 0.4) is 0 Å². The molecule has 2 heterocycles. The van der Waals surface area contributed by atoms with Crippen molar-refractivity contribution >= 4 is 39.2 Å². The van der Waals surface area contributed by atoms with E-state index in [1.54, 1.807) is 0 Å². The molecule has 1 aromatic carbocycles. The standard InChI is InChI=1S/C14H12BrN7O2/c1-7-2-3-8(6-9(7)15)19-11(16)10-12(22-24-21-10)20-14(23)13-17-4-5-18-13/h2-6H,1H3,(H2,16,19)(H,17,18)(H,20,22,23). The summed E-state index contributed by atoms with van der Waals surface area (Å²) in [5, 5.41) is 20.7. The SMILES string of the molecule is Cc1ccc(NC(=N)c2nonc2NC(=O)c2ncc[nH]2)cc1Br. The molecule has 10 heteroatoms. The zero-order chi connectivity index (χ0) is 17.1. The topological polar surface area (TPSA) is 133 Å². The van der Waals surface area contributed by atoms with E-state index in [-0.39, 0.29) is 23.2 Å². The van der Waals surface area contributed by atoms with Gasteiger partial charge < -0.3 is 10.3 Å². The highest BCUT2D eigenvalue weighted by Crippen LogP contribution is 2.21. The second-order valence-electron chi connectivity index (χ2n) is 4.82. The molecule has 0 bridgehead atoms. The number of amidine groups is 1. The average Bonchev–Trinajstić information content (AvgIpc) is 3.22. The third-order valence-corrected chi connectivity index (χ3v) is 3.97. The smallest absolute Gasteiger partial charge is 0.292 e. The maximum atomic E-state index is 12.0. The molecule has 0 aliphatic rings. The number of imidazole rings is 1. The summed E-state index contributed by atoms with van der Waals surface area (Å²) in [7, 11) is 0. The zero-order valence-corrected chi connectivity index (χ0v) is 14.0. The lowest BCUT2D eigenvalue weighted by Gasteiger charge is -2.08. The minimum absolute atomic E-state index is 0.0278. The first-order valence-corrected chi connectivity index (χ1v) is 7.59. The number of carbonyl (C=O) groups excluding carboxylic acids is 1. The van der Waals surface area contributed by atoms with Crippen LogP contribution in [0.4, 0.5) is 11.5 Å². The number of rotatable bonds is 4. The van der Waals surface area contributed by atoms with Crippen LogP contribution in [-0.4, -0.2) is 32.0 Å². The summed E-state index contributed by atoms with van der Waals surface area (Å²) < 4.78 is 5.54. The molecule has 0 saturated heterocycles. The molecular formula is C14H12BrN7O2. The van der Waals surface area contributed by atoms with Crippen LogP contribution in [-0.2, 0) is 0 Å². The molecular weight excluding hydrogens is 378 g/mol. The van der Waals surface area contributed by atoms with Gasteiger partial charge in [-0.2, -0.15) is 0 Å². The largest absolute Gasteiger partial charge is 0.341 e. The van der Waals surface area contributed by atoms with Gasteiger partial charge in [0.05, 0.1) is 0 Å². The van der Waals surface area contributed by atoms with Crippen molar-refractivity contribution in [2.75, 3.05) is 10.6 Å². The van der Waals surface area contributed by atoms with Gasteiger partial charge in [-0.05, 0) is 34.9 Å². The Hall–Kier alpha value is -3.01. The second kappa shape index (κ2) is 6.62. The van der Waals surface area contributed by atoms with Crippen molar-refractivity contribution in [1.29, 1.82) is 5.41 Å². The number of hydrogen-bond acceptors (Lipinski definition) is 6. The first-order chi connectivity index (χ1) is 11.5. The number of anilines is 2. The van der Waals surface area contributed by atoms with Crippen molar-refractivity contribution in [3.63, 3.8) is 0 Å². The predicted molar refractivity (Wildman–Crippen MR) is 90.2 cm³/mol. The van der Waals surface area contributed by atoms with Crippen molar-refractivity contribution in [2.45, 2.75) is 6.92 Å². The van der Waals surface area contributed by atoms with Crippen LogP contribution in [0.5, 0.6) is 0 Å². The molecule has 3 rings (SSSR count). The molecule has 0 fully saturated rings. The monoisotopic (exact) mass is 389 g/mol. The lowest BCUT2D eigenvalue weighted by molar-refractivity contribution is 0.101. The maximum absolute atomic E-state index is 12.0. The fraction of sp³-hybridized carbons (Fsp3) is 0.0714. The van der Waals surface area contributed by atoms with Gasteiger partial charge in [-0.3, -0.25) is 15.5 Å². The third kappa shape index (κ3) is 3.33. The van der Waals surface area contributed by atoms with Gasteiger partial charge in [0.15, 0.2) is 17.4 Å². The van der Waals surface area contributed by atoms with Crippen LogP contribution in [0.15, 0.2) is 39.7 Å². The average molecular weight is 390 g/mol. The number of aromatic nitrogens is 4. The van der Waals surface area contributed by atoms with Crippen molar-refractivity contribution in [3.8, 4) is 0 Å². The van der Waals surface area contributed by atoms with E-state index in [1.165, 1.54) is 12.4 Å². The molecule has 0 spiro atoms. The Balaban J connectivity index is 1.75. The molecule has 9 nitrogen and oxygen atoms in total. The van der Waals surface area contributed by atoms with Crippen molar-refractivity contribution in [3.05, 3.63) is 52.1 Å². The third-order valence-electron chi connectivity index (χ3n) is 3.11. The number of carbonyl (C=O) groups is 1. The Bertz CT molecular complexity index is 888. The second-order valence-corrected chi connectivity index (χ2v) is 5.67. The molecule has 4 N–H and O–H groups in total. The van der Waals surface area contributed by atoms with E-state index in [4.69, 9.17) is 5.41 Å². The summed E-state index contributed by atoms with van der Waals surface area (Å²) in [6.07, 6.45) is 2.98. The van der Waals surface area contributed by atoms with Gasteiger partial charge in [-0.1, -0.05) is 22.0 Å². The minimum Gasteiger partial charge on any atom is -0.341 e. The molecule has 1 amide bonds. The molecule has 2 aromatic heterocycles. The summed E-state index contributed by atoms with van der Waals surface area (Å²) in [6.45, 7) is 1.96. The Morgan fingerprint density at radius 3 is 2.88 bits per heavy atom. The lowest BCUT2D eigenvalue weighted by Crippen LogP contribution is -2.19. The quantitative estimate of drug-likeness (QED) is 0.400. The predicted octanol–water partition coefficient (Wildman–Crippen LogP) is 2.55. The molecule has 0 aliphatic carbocycles. The molecule has 0 radical (unpaired) electrons. The highest BCUT2D eigenvalue weighted by Gasteiger charge is 2.19. The summed E-state index contributed by atoms with van der Waals surface area (Å²) >= 11 is 3.43. The summed E-state index contributed by atoms with van der Waals surface area (Å²) in [5.41, 5.74) is 1.83. The molecule has 0 atom stereocenters. The van der Waals surface area contributed by atoms with Gasteiger partial charge in [0.25, 0.3) is 5.91 Å². The van der Waals surface area contributed by atoms with Crippen LogP contribution in [0.25, 0.3) is 0 Å². The van der Waals surface area contributed by atoms with E-state index in [9.17, 15) is 4.79 Å². The lowest BCUT2D eigenvalue weighted by atomic mass is 10.2. The highest BCUT2D eigenvalue weighted by atomic mass is 79.9. The van der Waals surface area contributed by atoms with Gasteiger partial charge in [0, 0.05) is 22.6 Å². The van der Waals surface area contributed by atoms with Crippen molar-refractivity contribution in [1.82, 2.24) is 20.3 Å². The fourth-order valence-corrected chi connectivity index (χ4v) is 2.24. The number of hydrogen-bond donors (Lipinski definition) is 4. The van der Waals surface area contributed by atoms with Crippen LogP contribution in [0.1, 0.15) is 21.9 Å². The number of nitrogens with zero attached hydrogens (tertiary/aromatic N) is 3. The number of halogens is 1. The fourth-order valence-electron chi connectivity index (χ4n) is 1.86. The normalized spacial score (nSPS) is 10.4. The highest BCUT2D eigenvalue weighted by molar-refractivity contribution is 9.10.